The van der Waals surface area contributed by atoms with Crippen LogP contribution in [0.15, 0.2) is 6.07 Å². The molecule has 2 bridgehead atoms. The molecule has 6 heteroatoms. The second kappa shape index (κ2) is 5.14. The van der Waals surface area contributed by atoms with Crippen molar-refractivity contribution in [2.45, 2.75) is 82.4 Å². The van der Waals surface area contributed by atoms with E-state index >= 15 is 0 Å². The van der Waals surface area contributed by atoms with Crippen LogP contribution in [0.4, 0.5) is 10.6 Å². The van der Waals surface area contributed by atoms with Crippen molar-refractivity contribution in [2.24, 2.45) is 5.92 Å². The monoisotopic (exact) mass is 332 g/mol. The first-order chi connectivity index (χ1) is 11.2. The molecule has 0 radical (unpaired) electrons. The van der Waals surface area contributed by atoms with Crippen LogP contribution >= 0.6 is 0 Å². The number of carbonyl (C=O) groups is 1. The third-order valence-electron chi connectivity index (χ3n) is 5.87. The van der Waals surface area contributed by atoms with Gasteiger partial charge in [-0.1, -0.05) is 0 Å². The molecule has 2 atom stereocenters. The van der Waals surface area contributed by atoms with E-state index in [0.29, 0.717) is 11.7 Å². The fourth-order valence-corrected chi connectivity index (χ4v) is 4.50. The lowest BCUT2D eigenvalue weighted by Crippen LogP contribution is -2.68. The van der Waals surface area contributed by atoms with E-state index in [4.69, 9.17) is 15.6 Å². The maximum absolute atomic E-state index is 12.1. The van der Waals surface area contributed by atoms with Gasteiger partial charge in [0.15, 0.2) is 0 Å². The first kappa shape index (κ1) is 15.8. The Labute approximate surface area is 143 Å². The number of nitrogens with zero attached hydrogens (tertiary/aromatic N) is 2. The summed E-state index contributed by atoms with van der Waals surface area (Å²) in [5.74, 6) is 1.87. The van der Waals surface area contributed by atoms with Crippen LogP contribution in [-0.2, 0) is 10.3 Å². The van der Waals surface area contributed by atoms with Crippen LogP contribution in [0.2, 0.25) is 0 Å². The molecule has 24 heavy (non-hydrogen) atoms. The van der Waals surface area contributed by atoms with Gasteiger partial charge >= 0.3 is 6.09 Å². The largest absolute Gasteiger partial charge is 0.446 e. The molecule has 0 aromatic carbocycles. The fraction of sp³-hybridized carbons (Fsp3) is 0.778. The highest BCUT2D eigenvalue weighted by Crippen LogP contribution is 2.57. The SMILES string of the molecule is CC(C)(C)n1nc([C@H]2CC[C@@H](OC(=O)NC34CC(C3)C4)C2)cc1N. The molecule has 3 N–H and O–H groups in total. The van der Waals surface area contributed by atoms with Crippen molar-refractivity contribution in [3.63, 3.8) is 0 Å². The molecule has 4 fully saturated rings. The number of aromatic nitrogens is 2. The van der Waals surface area contributed by atoms with E-state index in [1.54, 1.807) is 0 Å². The summed E-state index contributed by atoms with van der Waals surface area (Å²) in [6.07, 6.45) is 5.89. The van der Waals surface area contributed by atoms with Crippen LogP contribution in [0.1, 0.15) is 70.9 Å². The number of alkyl carbamates (subject to hydrolysis) is 1. The summed E-state index contributed by atoms with van der Waals surface area (Å²) < 4.78 is 7.53. The van der Waals surface area contributed by atoms with Crippen molar-refractivity contribution in [3.05, 3.63) is 11.8 Å². The molecule has 5 rings (SSSR count). The zero-order valence-corrected chi connectivity index (χ0v) is 14.8. The topological polar surface area (TPSA) is 82.2 Å². The predicted octanol–water partition coefficient (Wildman–Crippen LogP) is 3.14. The number of hydrogen-bond acceptors (Lipinski definition) is 4. The van der Waals surface area contributed by atoms with Crippen molar-refractivity contribution in [3.8, 4) is 0 Å². The molecular formula is C18H28N4O2. The number of hydrogen-bond donors (Lipinski definition) is 2. The van der Waals surface area contributed by atoms with Crippen molar-refractivity contribution >= 4 is 11.9 Å². The van der Waals surface area contributed by atoms with Gasteiger partial charge in [-0.15, -0.1) is 0 Å². The highest BCUT2D eigenvalue weighted by atomic mass is 16.6. The molecule has 0 unspecified atom stereocenters. The molecule has 4 saturated carbocycles. The van der Waals surface area contributed by atoms with Gasteiger partial charge in [-0.2, -0.15) is 5.10 Å². The van der Waals surface area contributed by atoms with Gasteiger partial charge in [0.2, 0.25) is 0 Å². The van der Waals surface area contributed by atoms with Gasteiger partial charge in [0.05, 0.1) is 11.2 Å². The first-order valence-corrected chi connectivity index (χ1v) is 9.09. The molecule has 0 saturated heterocycles. The number of nitrogens with two attached hydrogens (primary N) is 1. The molecule has 1 amide bonds. The fourth-order valence-electron chi connectivity index (χ4n) is 4.50. The summed E-state index contributed by atoms with van der Waals surface area (Å²) in [6.45, 7) is 6.28. The van der Waals surface area contributed by atoms with Crippen LogP contribution in [0.3, 0.4) is 0 Å². The maximum Gasteiger partial charge on any atom is 0.407 e. The number of nitrogens with one attached hydrogen (secondary N) is 1. The summed E-state index contributed by atoms with van der Waals surface area (Å²) in [6, 6.07) is 1.97. The van der Waals surface area contributed by atoms with Gasteiger partial charge in [0.25, 0.3) is 0 Å². The van der Waals surface area contributed by atoms with Gasteiger partial charge in [0, 0.05) is 17.5 Å². The molecule has 0 spiro atoms. The zero-order valence-electron chi connectivity index (χ0n) is 14.8. The molecule has 1 aromatic heterocycles. The van der Waals surface area contributed by atoms with Gasteiger partial charge < -0.3 is 15.8 Å². The van der Waals surface area contributed by atoms with E-state index in [2.05, 4.69) is 26.1 Å². The minimum Gasteiger partial charge on any atom is -0.446 e. The van der Waals surface area contributed by atoms with E-state index in [-0.39, 0.29) is 23.3 Å². The highest BCUT2D eigenvalue weighted by Gasteiger charge is 2.57. The summed E-state index contributed by atoms with van der Waals surface area (Å²) in [4.78, 5) is 12.1. The Kier molecular flexibility index (Phi) is 3.38. The maximum atomic E-state index is 12.1. The summed E-state index contributed by atoms with van der Waals surface area (Å²) in [5.41, 5.74) is 7.09. The average Bonchev–Trinajstić information content (AvgIpc) is 2.98. The number of anilines is 1. The lowest BCUT2D eigenvalue weighted by atomic mass is 9.50. The number of carbonyl (C=O) groups excluding carboxylic acids is 1. The van der Waals surface area contributed by atoms with Gasteiger partial charge in [-0.3, -0.25) is 0 Å². The van der Waals surface area contributed by atoms with Gasteiger partial charge in [0.1, 0.15) is 11.9 Å². The second-order valence-electron chi connectivity index (χ2n) is 9.00. The minimum atomic E-state index is -0.237. The lowest BCUT2D eigenvalue weighted by Gasteiger charge is -2.61. The zero-order chi connectivity index (χ0) is 17.1. The highest BCUT2D eigenvalue weighted by molar-refractivity contribution is 5.69. The third kappa shape index (κ3) is 2.66. The predicted molar refractivity (Wildman–Crippen MR) is 91.7 cm³/mol. The van der Waals surface area contributed by atoms with Crippen molar-refractivity contribution < 1.29 is 9.53 Å². The molecule has 1 aromatic rings. The van der Waals surface area contributed by atoms with Crippen molar-refractivity contribution in [1.29, 1.82) is 0 Å². The first-order valence-electron chi connectivity index (χ1n) is 9.09. The number of ether oxygens (including phenoxy) is 1. The number of rotatable bonds is 3. The average molecular weight is 332 g/mol. The molecular weight excluding hydrogens is 304 g/mol. The van der Waals surface area contributed by atoms with E-state index in [1.165, 1.54) is 0 Å². The van der Waals surface area contributed by atoms with Crippen molar-refractivity contribution in [1.82, 2.24) is 15.1 Å². The molecule has 1 heterocycles. The quantitative estimate of drug-likeness (QED) is 0.891. The molecule has 6 nitrogen and oxygen atoms in total. The number of nitrogen functional groups attached to an aromatic ring is 1. The van der Waals surface area contributed by atoms with E-state index in [9.17, 15) is 4.79 Å². The smallest absolute Gasteiger partial charge is 0.407 e. The van der Waals surface area contributed by atoms with Crippen LogP contribution in [0.5, 0.6) is 0 Å². The second-order valence-corrected chi connectivity index (χ2v) is 9.00. The Morgan fingerprint density at radius 3 is 2.62 bits per heavy atom. The van der Waals surface area contributed by atoms with Crippen molar-refractivity contribution in [2.75, 3.05) is 5.73 Å². The third-order valence-corrected chi connectivity index (χ3v) is 5.87. The van der Waals surface area contributed by atoms with Crippen LogP contribution in [0, 0.1) is 5.92 Å². The molecule has 0 aliphatic heterocycles. The molecule has 132 valence electrons. The molecule has 4 aliphatic carbocycles. The Bertz CT molecular complexity index is 643. The lowest BCUT2D eigenvalue weighted by molar-refractivity contribution is -0.0506. The Morgan fingerprint density at radius 2 is 2.08 bits per heavy atom. The van der Waals surface area contributed by atoms with Crippen LogP contribution < -0.4 is 11.1 Å². The van der Waals surface area contributed by atoms with Crippen LogP contribution in [0.25, 0.3) is 0 Å². The van der Waals surface area contributed by atoms with Gasteiger partial charge in [-0.05, 0) is 65.2 Å². The van der Waals surface area contributed by atoms with E-state index in [1.807, 2.05) is 10.7 Å². The Balaban J connectivity index is 1.33. The van der Waals surface area contributed by atoms with Crippen LogP contribution in [-0.4, -0.2) is 27.5 Å². The number of amides is 1. The summed E-state index contributed by atoms with van der Waals surface area (Å²) in [7, 11) is 0. The minimum absolute atomic E-state index is 0.0108. The Morgan fingerprint density at radius 1 is 1.38 bits per heavy atom. The molecule has 4 aliphatic rings. The van der Waals surface area contributed by atoms with E-state index in [0.717, 1.165) is 50.1 Å². The van der Waals surface area contributed by atoms with E-state index < -0.39 is 0 Å². The normalized spacial score (nSPS) is 34.4. The Hall–Kier alpha value is -1.72. The van der Waals surface area contributed by atoms with Gasteiger partial charge in [-0.25, -0.2) is 9.48 Å². The summed E-state index contributed by atoms with van der Waals surface area (Å²) in [5, 5.41) is 7.77. The standard InChI is InChI=1S/C18H28N4O2/c1-17(2,3)22-15(19)7-14(21-22)12-4-5-13(6-12)24-16(23)20-18-8-11(9-18)10-18/h7,11-13H,4-6,8-10,19H2,1-3H3,(H,20,23)/t11?,12-,13+,18?/m0/s1. The summed E-state index contributed by atoms with van der Waals surface area (Å²) >= 11 is 0.